The van der Waals surface area contributed by atoms with Gasteiger partial charge in [0.05, 0.1) is 0 Å². The summed E-state index contributed by atoms with van der Waals surface area (Å²) in [6.07, 6.45) is 4.73. The Morgan fingerprint density at radius 3 is 1.37 bits per heavy atom. The van der Waals surface area contributed by atoms with Gasteiger partial charge in [-0.3, -0.25) is 0 Å². The van der Waals surface area contributed by atoms with Crippen molar-refractivity contribution in [2.75, 3.05) is 4.90 Å². The molecule has 5 rings (SSSR count). The number of hydrogen-bond donors (Lipinski definition) is 0. The number of fused-ring (bicyclic) bond motifs is 1. The minimum Gasteiger partial charge on any atom is -0.311 e. The highest BCUT2D eigenvalue weighted by atomic mass is 15.1. The van der Waals surface area contributed by atoms with E-state index < -0.39 is 0 Å². The minimum absolute atomic E-state index is 0.196. The predicted molar refractivity (Wildman–Crippen MR) is 165 cm³/mol. The smallest absolute Gasteiger partial charge is 0.0462 e. The van der Waals surface area contributed by atoms with Crippen LogP contribution in [0.3, 0.4) is 0 Å². The number of rotatable bonds is 8. The normalized spacial score (nSPS) is 16.7. The van der Waals surface area contributed by atoms with Gasteiger partial charge in [-0.1, -0.05) is 108 Å². The molecule has 38 heavy (non-hydrogen) atoms. The monoisotopic (exact) mass is 501 g/mol. The molecule has 0 bridgehead atoms. The summed E-state index contributed by atoms with van der Waals surface area (Å²) in [6.45, 7) is 14.7. The first kappa shape index (κ1) is 26.3. The van der Waals surface area contributed by atoms with Crippen LogP contribution >= 0.6 is 0 Å². The van der Waals surface area contributed by atoms with Crippen molar-refractivity contribution in [1.82, 2.24) is 0 Å². The largest absolute Gasteiger partial charge is 0.311 e. The summed E-state index contributed by atoms with van der Waals surface area (Å²) in [4.78, 5) is 2.32. The van der Waals surface area contributed by atoms with Crippen LogP contribution in [0.5, 0.6) is 0 Å². The summed E-state index contributed by atoms with van der Waals surface area (Å²) < 4.78 is 0. The average molecular weight is 502 g/mol. The van der Waals surface area contributed by atoms with Crippen molar-refractivity contribution in [3.05, 3.63) is 114 Å². The zero-order chi connectivity index (χ0) is 27.0. The number of para-hydroxylation sites is 2. The lowest BCUT2D eigenvalue weighted by molar-refractivity contribution is 0.0611. The Hall–Kier alpha value is -3.32. The van der Waals surface area contributed by atoms with E-state index in [4.69, 9.17) is 0 Å². The number of anilines is 3. The number of benzene rings is 4. The van der Waals surface area contributed by atoms with E-state index in [1.807, 2.05) is 0 Å². The Kier molecular flexibility index (Phi) is 6.99. The molecule has 4 aromatic carbocycles. The molecule has 0 heterocycles. The maximum Gasteiger partial charge on any atom is 0.0462 e. The molecule has 1 heteroatoms. The summed E-state index contributed by atoms with van der Waals surface area (Å²) in [7, 11) is 0. The second kappa shape index (κ2) is 10.1. The molecule has 196 valence electrons. The molecule has 1 nitrogen and oxygen atoms in total. The fraction of sp³-hybridized carbons (Fsp3) is 0.351. The molecule has 0 spiro atoms. The molecule has 0 amide bonds. The maximum absolute atomic E-state index is 2.54. The van der Waals surface area contributed by atoms with Gasteiger partial charge in [-0.15, -0.1) is 0 Å². The summed E-state index contributed by atoms with van der Waals surface area (Å²) in [5.41, 5.74) is 9.92. The Morgan fingerprint density at radius 1 is 0.474 bits per heavy atom. The van der Waals surface area contributed by atoms with Crippen LogP contribution in [0.2, 0.25) is 0 Å². The first-order valence-electron chi connectivity index (χ1n) is 14.5. The zero-order valence-electron chi connectivity index (χ0n) is 24.1. The van der Waals surface area contributed by atoms with Crippen molar-refractivity contribution >= 4 is 17.1 Å². The Morgan fingerprint density at radius 2 is 0.895 bits per heavy atom. The van der Waals surface area contributed by atoms with Gasteiger partial charge in [-0.2, -0.15) is 0 Å². The third-order valence-electron chi connectivity index (χ3n) is 10.3. The molecule has 0 saturated heterocycles. The third-order valence-corrected chi connectivity index (χ3v) is 10.3. The highest BCUT2D eigenvalue weighted by Gasteiger charge is 2.61. The summed E-state index contributed by atoms with van der Waals surface area (Å²) >= 11 is 0. The molecule has 1 aliphatic rings. The lowest BCUT2D eigenvalue weighted by Gasteiger charge is -2.50. The third kappa shape index (κ3) is 3.74. The van der Waals surface area contributed by atoms with E-state index in [1.54, 1.807) is 11.1 Å². The standard InChI is InChI=1S/C37H43N/c1-7-36(8-2)33-26-23-29(27-34(33)37(9-3,10-4)35(36,5)6)28-21-24-32(25-22-28)38(30-17-13-11-14-18-30)31-19-15-12-16-20-31/h11-27H,7-10H2,1-6H3. The SMILES string of the molecule is CCC1(CC)c2ccc(-c3ccc(N(c4ccccc4)c4ccccc4)cc3)cc2C(CC)(CC)C1(C)C. The van der Waals surface area contributed by atoms with Crippen LogP contribution in [-0.2, 0) is 10.8 Å². The van der Waals surface area contributed by atoms with Crippen molar-refractivity contribution in [2.45, 2.75) is 78.1 Å². The Balaban J connectivity index is 1.59. The average Bonchev–Trinajstić information content (AvgIpc) is 3.13. The summed E-state index contributed by atoms with van der Waals surface area (Å²) in [5, 5.41) is 0. The van der Waals surface area contributed by atoms with Crippen molar-refractivity contribution in [2.24, 2.45) is 5.41 Å². The van der Waals surface area contributed by atoms with Gasteiger partial charge >= 0.3 is 0 Å². The van der Waals surface area contributed by atoms with Crippen LogP contribution in [-0.4, -0.2) is 0 Å². The molecule has 0 aromatic heterocycles. The van der Waals surface area contributed by atoms with E-state index >= 15 is 0 Å². The molecule has 0 N–H and O–H groups in total. The maximum atomic E-state index is 2.54. The molecule has 0 fully saturated rings. The van der Waals surface area contributed by atoms with Crippen LogP contribution in [0, 0.1) is 5.41 Å². The molecule has 4 aromatic rings. The summed E-state index contributed by atoms with van der Waals surface area (Å²) in [5.74, 6) is 0. The van der Waals surface area contributed by atoms with Crippen LogP contribution < -0.4 is 4.90 Å². The zero-order valence-corrected chi connectivity index (χ0v) is 24.1. The van der Waals surface area contributed by atoms with Gasteiger partial charge < -0.3 is 4.90 Å². The molecule has 0 aliphatic heterocycles. The van der Waals surface area contributed by atoms with Crippen LogP contribution in [0.1, 0.15) is 78.4 Å². The van der Waals surface area contributed by atoms with Gasteiger partial charge in [-0.25, -0.2) is 0 Å². The molecule has 0 unspecified atom stereocenters. The summed E-state index contributed by atoms with van der Waals surface area (Å²) in [6, 6.07) is 37.8. The lowest BCUT2D eigenvalue weighted by atomic mass is 9.53. The van der Waals surface area contributed by atoms with Crippen molar-refractivity contribution in [3.63, 3.8) is 0 Å². The van der Waals surface area contributed by atoms with Crippen LogP contribution in [0.25, 0.3) is 11.1 Å². The number of hydrogen-bond acceptors (Lipinski definition) is 1. The van der Waals surface area contributed by atoms with E-state index in [9.17, 15) is 0 Å². The molecular formula is C37H43N. The Labute approximate surface area is 230 Å². The first-order chi connectivity index (χ1) is 18.4. The van der Waals surface area contributed by atoms with Crippen molar-refractivity contribution in [1.29, 1.82) is 0 Å². The topological polar surface area (TPSA) is 3.24 Å². The highest BCUT2D eigenvalue weighted by Crippen LogP contribution is 2.67. The van der Waals surface area contributed by atoms with Gasteiger partial charge in [-0.05, 0) is 89.8 Å². The fourth-order valence-electron chi connectivity index (χ4n) is 8.10. The van der Waals surface area contributed by atoms with Gasteiger partial charge in [0.1, 0.15) is 0 Å². The minimum atomic E-state index is 0.196. The Bertz CT molecular complexity index is 1320. The quantitative estimate of drug-likeness (QED) is 0.232. The van der Waals surface area contributed by atoms with Crippen LogP contribution in [0.15, 0.2) is 103 Å². The van der Waals surface area contributed by atoms with Crippen molar-refractivity contribution in [3.8, 4) is 11.1 Å². The molecule has 1 aliphatic carbocycles. The fourth-order valence-corrected chi connectivity index (χ4v) is 8.10. The van der Waals surface area contributed by atoms with E-state index in [2.05, 4.69) is 150 Å². The van der Waals surface area contributed by atoms with Gasteiger partial charge in [0.15, 0.2) is 0 Å². The van der Waals surface area contributed by atoms with Crippen LogP contribution in [0.4, 0.5) is 17.1 Å². The molecular weight excluding hydrogens is 458 g/mol. The van der Waals surface area contributed by atoms with Gasteiger partial charge in [0.25, 0.3) is 0 Å². The molecule has 0 radical (unpaired) electrons. The van der Waals surface area contributed by atoms with E-state index in [0.29, 0.717) is 0 Å². The first-order valence-corrected chi connectivity index (χ1v) is 14.5. The van der Waals surface area contributed by atoms with Gasteiger partial charge in [0.2, 0.25) is 0 Å². The van der Waals surface area contributed by atoms with E-state index in [-0.39, 0.29) is 16.2 Å². The highest BCUT2D eigenvalue weighted by molar-refractivity contribution is 5.78. The van der Waals surface area contributed by atoms with Gasteiger partial charge in [0, 0.05) is 27.9 Å². The predicted octanol–water partition coefficient (Wildman–Crippen LogP) is 11.0. The van der Waals surface area contributed by atoms with E-state index in [1.165, 1.54) is 42.5 Å². The second-order valence-corrected chi connectivity index (χ2v) is 11.5. The second-order valence-electron chi connectivity index (χ2n) is 11.5. The molecule has 0 saturated carbocycles. The number of nitrogens with zero attached hydrogens (tertiary/aromatic N) is 1. The van der Waals surface area contributed by atoms with Crippen molar-refractivity contribution < 1.29 is 0 Å². The lowest BCUT2D eigenvalue weighted by Crippen LogP contribution is -2.47. The molecule has 0 atom stereocenters. The van der Waals surface area contributed by atoms with E-state index in [0.717, 1.165) is 11.4 Å².